The van der Waals surface area contributed by atoms with Gasteiger partial charge in [-0.1, -0.05) is 42.0 Å². The number of carbonyl (C=O) groups excluding carboxylic acids is 2. The fraction of sp³-hybridized carbons (Fsp3) is 0.212. The molecule has 11 heteroatoms. The van der Waals surface area contributed by atoms with E-state index >= 15 is 0 Å². The quantitative estimate of drug-likeness (QED) is 0.216. The molecule has 1 atom stereocenters. The minimum atomic E-state index is -3.93. The number of nitrogens with one attached hydrogen (secondary N) is 2. The summed E-state index contributed by atoms with van der Waals surface area (Å²) in [5.74, 6) is -0.315. The number of halogens is 1. The van der Waals surface area contributed by atoms with Gasteiger partial charge in [0.2, 0.25) is 5.91 Å². The van der Waals surface area contributed by atoms with Crippen LogP contribution in [0.2, 0.25) is 0 Å². The van der Waals surface area contributed by atoms with Crippen molar-refractivity contribution in [1.29, 1.82) is 0 Å². The highest BCUT2D eigenvalue weighted by atomic mass is 32.2. The van der Waals surface area contributed by atoms with Crippen molar-refractivity contribution >= 4 is 27.5 Å². The molecule has 0 radical (unpaired) electrons. The smallest absolute Gasteiger partial charge is 0.261 e. The van der Waals surface area contributed by atoms with Crippen LogP contribution in [-0.4, -0.2) is 44.9 Å². The second kappa shape index (κ2) is 14.5. The minimum absolute atomic E-state index is 0.0412. The summed E-state index contributed by atoms with van der Waals surface area (Å²) in [4.78, 5) is 27.9. The lowest BCUT2D eigenvalue weighted by molar-refractivity contribution is -0.142. The molecule has 2 amide bonds. The fourth-order valence-corrected chi connectivity index (χ4v) is 5.29. The van der Waals surface area contributed by atoms with E-state index in [1.807, 2.05) is 43.3 Å². The highest BCUT2D eigenvalue weighted by Crippen LogP contribution is 2.21. The Hall–Kier alpha value is -4.90. The Morgan fingerprint density at radius 3 is 2.05 bits per heavy atom. The van der Waals surface area contributed by atoms with Gasteiger partial charge in [0.15, 0.2) is 6.61 Å². The SMILES string of the molecule is COc1ccc(CN(C(=O)COc2ccc(S(=O)(=O)Nc3ccc(F)cc3)cc2)C(C)C(=O)NCc2ccc(C)cc2)cc1. The van der Waals surface area contributed by atoms with Crippen molar-refractivity contribution in [2.24, 2.45) is 0 Å². The van der Waals surface area contributed by atoms with E-state index in [1.54, 1.807) is 26.2 Å². The lowest BCUT2D eigenvalue weighted by Gasteiger charge is -2.29. The van der Waals surface area contributed by atoms with Crippen LogP contribution >= 0.6 is 0 Å². The maximum Gasteiger partial charge on any atom is 0.261 e. The average Bonchev–Trinajstić information content (AvgIpc) is 3.03. The average molecular weight is 620 g/mol. The molecule has 0 aliphatic rings. The first-order chi connectivity index (χ1) is 21.0. The van der Waals surface area contributed by atoms with Gasteiger partial charge in [0.05, 0.1) is 12.0 Å². The number of amides is 2. The molecule has 0 fully saturated rings. The van der Waals surface area contributed by atoms with Gasteiger partial charge in [-0.25, -0.2) is 12.8 Å². The number of benzene rings is 4. The molecule has 4 aromatic rings. The molecule has 1 unspecified atom stereocenters. The molecule has 230 valence electrons. The Labute approximate surface area is 256 Å². The number of carbonyl (C=O) groups is 2. The number of ether oxygens (including phenoxy) is 2. The largest absolute Gasteiger partial charge is 0.497 e. The Kier molecular flexibility index (Phi) is 10.6. The van der Waals surface area contributed by atoms with Crippen molar-refractivity contribution < 1.29 is 31.9 Å². The van der Waals surface area contributed by atoms with Crippen molar-refractivity contribution in [2.75, 3.05) is 18.4 Å². The van der Waals surface area contributed by atoms with Crippen molar-refractivity contribution in [3.8, 4) is 11.5 Å². The zero-order valence-electron chi connectivity index (χ0n) is 24.6. The number of aryl methyl sites for hydroxylation is 1. The number of nitrogens with zero attached hydrogens (tertiary/aromatic N) is 1. The van der Waals surface area contributed by atoms with Crippen molar-refractivity contribution in [1.82, 2.24) is 10.2 Å². The second-order valence-corrected chi connectivity index (χ2v) is 11.8. The van der Waals surface area contributed by atoms with E-state index in [-0.39, 0.29) is 35.4 Å². The lowest BCUT2D eigenvalue weighted by atomic mass is 10.1. The van der Waals surface area contributed by atoms with E-state index in [0.29, 0.717) is 12.3 Å². The summed E-state index contributed by atoms with van der Waals surface area (Å²) < 4.78 is 51.9. The zero-order valence-corrected chi connectivity index (χ0v) is 25.4. The molecule has 0 spiro atoms. The molecule has 0 aliphatic carbocycles. The third-order valence-electron chi connectivity index (χ3n) is 6.86. The molecule has 0 heterocycles. The van der Waals surface area contributed by atoms with E-state index in [1.165, 1.54) is 41.3 Å². The fourth-order valence-electron chi connectivity index (χ4n) is 4.23. The van der Waals surface area contributed by atoms with E-state index in [9.17, 15) is 22.4 Å². The summed E-state index contributed by atoms with van der Waals surface area (Å²) in [6.45, 7) is 3.72. The topological polar surface area (TPSA) is 114 Å². The molecule has 0 saturated heterocycles. The Balaban J connectivity index is 1.42. The van der Waals surface area contributed by atoms with Crippen LogP contribution in [0, 0.1) is 12.7 Å². The monoisotopic (exact) mass is 619 g/mol. The van der Waals surface area contributed by atoms with Crippen LogP contribution in [0.15, 0.2) is 102 Å². The summed E-state index contributed by atoms with van der Waals surface area (Å²) in [6.07, 6.45) is 0. The normalized spacial score (nSPS) is 11.7. The van der Waals surface area contributed by atoms with E-state index in [4.69, 9.17) is 9.47 Å². The molecule has 0 aromatic heterocycles. The van der Waals surface area contributed by atoms with Gasteiger partial charge in [0, 0.05) is 18.8 Å². The van der Waals surface area contributed by atoms with Crippen LogP contribution in [0.4, 0.5) is 10.1 Å². The molecule has 44 heavy (non-hydrogen) atoms. The maximum atomic E-state index is 13.4. The molecule has 0 bridgehead atoms. The Bertz CT molecular complexity index is 1660. The number of hydrogen-bond donors (Lipinski definition) is 2. The third-order valence-corrected chi connectivity index (χ3v) is 8.26. The Morgan fingerprint density at radius 2 is 1.43 bits per heavy atom. The van der Waals surface area contributed by atoms with Gasteiger partial charge in [-0.2, -0.15) is 0 Å². The molecule has 0 saturated carbocycles. The first-order valence-electron chi connectivity index (χ1n) is 13.8. The van der Waals surface area contributed by atoms with Gasteiger partial charge in [0.1, 0.15) is 23.4 Å². The van der Waals surface area contributed by atoms with Crippen LogP contribution in [-0.2, 0) is 32.7 Å². The van der Waals surface area contributed by atoms with Crippen molar-refractivity contribution in [2.45, 2.75) is 37.9 Å². The van der Waals surface area contributed by atoms with E-state index in [0.717, 1.165) is 28.8 Å². The van der Waals surface area contributed by atoms with Gasteiger partial charge >= 0.3 is 0 Å². The van der Waals surface area contributed by atoms with Gasteiger partial charge in [-0.3, -0.25) is 14.3 Å². The van der Waals surface area contributed by atoms with Gasteiger partial charge in [-0.15, -0.1) is 0 Å². The summed E-state index contributed by atoms with van der Waals surface area (Å²) >= 11 is 0. The Morgan fingerprint density at radius 1 is 0.841 bits per heavy atom. The summed E-state index contributed by atoms with van der Waals surface area (Å²) in [7, 11) is -2.37. The minimum Gasteiger partial charge on any atom is -0.497 e. The first kappa shape index (κ1) is 32.0. The molecule has 0 aliphatic heterocycles. The van der Waals surface area contributed by atoms with E-state index < -0.39 is 27.8 Å². The summed E-state index contributed by atoms with van der Waals surface area (Å²) in [6, 6.07) is 24.6. The van der Waals surface area contributed by atoms with Crippen molar-refractivity contribution in [3.05, 3.63) is 120 Å². The highest BCUT2D eigenvalue weighted by molar-refractivity contribution is 7.92. The predicted octanol–water partition coefficient (Wildman–Crippen LogP) is 5.06. The van der Waals surface area contributed by atoms with Crippen LogP contribution in [0.1, 0.15) is 23.6 Å². The van der Waals surface area contributed by atoms with Gasteiger partial charge in [0.25, 0.3) is 15.9 Å². The van der Waals surface area contributed by atoms with Crippen LogP contribution in [0.5, 0.6) is 11.5 Å². The number of anilines is 1. The van der Waals surface area contributed by atoms with Crippen LogP contribution < -0.4 is 19.5 Å². The van der Waals surface area contributed by atoms with Gasteiger partial charge < -0.3 is 19.7 Å². The number of rotatable bonds is 13. The lowest BCUT2D eigenvalue weighted by Crippen LogP contribution is -2.48. The third kappa shape index (κ3) is 8.81. The molecule has 2 N–H and O–H groups in total. The molecular formula is C33H34FN3O6S. The zero-order chi connectivity index (χ0) is 31.7. The van der Waals surface area contributed by atoms with Crippen LogP contribution in [0.25, 0.3) is 0 Å². The van der Waals surface area contributed by atoms with Crippen molar-refractivity contribution in [3.63, 3.8) is 0 Å². The molecule has 4 rings (SSSR count). The van der Waals surface area contributed by atoms with E-state index in [2.05, 4.69) is 10.0 Å². The summed E-state index contributed by atoms with van der Waals surface area (Å²) in [5.41, 5.74) is 3.06. The summed E-state index contributed by atoms with van der Waals surface area (Å²) in [5, 5.41) is 2.90. The highest BCUT2D eigenvalue weighted by Gasteiger charge is 2.26. The molecular weight excluding hydrogens is 585 g/mol. The maximum absolute atomic E-state index is 13.4. The second-order valence-electron chi connectivity index (χ2n) is 10.1. The van der Waals surface area contributed by atoms with Crippen LogP contribution in [0.3, 0.4) is 0 Å². The van der Waals surface area contributed by atoms with Gasteiger partial charge in [-0.05, 0) is 85.6 Å². The molecule has 4 aromatic carbocycles. The molecule has 9 nitrogen and oxygen atoms in total. The standard InChI is InChI=1S/C33H34FN3O6S/c1-23-4-6-25(7-5-23)20-35-33(39)24(2)37(21-26-8-14-29(42-3)15-9-26)32(38)22-43-30-16-18-31(19-17-30)44(40,41)36-28-12-10-27(34)11-13-28/h4-19,24,36H,20-22H2,1-3H3,(H,35,39). The first-order valence-corrected chi connectivity index (χ1v) is 15.3. The predicted molar refractivity (Wildman–Crippen MR) is 165 cm³/mol. The number of sulfonamides is 1. The number of hydrogen-bond acceptors (Lipinski definition) is 6. The number of methoxy groups -OCH3 is 1.